The number of benzene rings is 1. The fourth-order valence-electron chi connectivity index (χ4n) is 3.22. The third-order valence-electron chi connectivity index (χ3n) is 4.60. The summed E-state index contributed by atoms with van der Waals surface area (Å²) in [6, 6.07) is 4.68. The van der Waals surface area contributed by atoms with Crippen molar-refractivity contribution in [2.24, 2.45) is 0 Å². The van der Waals surface area contributed by atoms with Crippen LogP contribution in [-0.4, -0.2) is 48.4 Å². The molecule has 7 heteroatoms. The van der Waals surface area contributed by atoms with E-state index in [4.69, 9.17) is 16.3 Å². The van der Waals surface area contributed by atoms with Gasteiger partial charge in [-0.15, -0.1) is 0 Å². The zero-order valence-corrected chi connectivity index (χ0v) is 14.9. The number of esters is 1. The number of halogens is 1. The van der Waals surface area contributed by atoms with Gasteiger partial charge in [0.25, 0.3) is 5.91 Å². The molecule has 3 rings (SSSR count). The van der Waals surface area contributed by atoms with E-state index in [1.54, 1.807) is 34.9 Å². The Morgan fingerprint density at radius 1 is 1.16 bits per heavy atom. The molecule has 2 heterocycles. The third kappa shape index (κ3) is 3.79. The number of nitrogens with zero attached hydrogens (tertiary/aromatic N) is 2. The summed E-state index contributed by atoms with van der Waals surface area (Å²) in [5.74, 6) is -0.774. The highest BCUT2D eigenvalue weighted by molar-refractivity contribution is 6.34. The Balaban J connectivity index is 1.71. The van der Waals surface area contributed by atoms with Crippen LogP contribution in [0.15, 0.2) is 18.2 Å². The minimum atomic E-state index is -0.835. The first-order chi connectivity index (χ1) is 12.0. The predicted molar refractivity (Wildman–Crippen MR) is 93.7 cm³/mol. The van der Waals surface area contributed by atoms with Gasteiger partial charge >= 0.3 is 5.97 Å². The van der Waals surface area contributed by atoms with Crippen molar-refractivity contribution in [2.45, 2.75) is 38.7 Å². The van der Waals surface area contributed by atoms with Gasteiger partial charge < -0.3 is 14.5 Å². The lowest BCUT2D eigenvalue weighted by Crippen LogP contribution is -2.38. The maximum atomic E-state index is 12.4. The number of amides is 2. The van der Waals surface area contributed by atoms with Crippen molar-refractivity contribution >= 4 is 35.1 Å². The van der Waals surface area contributed by atoms with Gasteiger partial charge in [-0.25, -0.2) is 4.79 Å². The lowest BCUT2D eigenvalue weighted by atomic mass is 10.2. The van der Waals surface area contributed by atoms with E-state index in [1.165, 1.54) is 0 Å². The van der Waals surface area contributed by atoms with Crippen LogP contribution in [0.3, 0.4) is 0 Å². The van der Waals surface area contributed by atoms with E-state index >= 15 is 0 Å². The second kappa shape index (κ2) is 7.44. The smallest absolute Gasteiger partial charge is 0.338 e. The van der Waals surface area contributed by atoms with Crippen LogP contribution < -0.4 is 4.90 Å². The number of hydrogen-bond donors (Lipinski definition) is 0. The van der Waals surface area contributed by atoms with E-state index in [9.17, 15) is 14.4 Å². The molecule has 0 radical (unpaired) electrons. The highest BCUT2D eigenvalue weighted by atomic mass is 35.5. The van der Waals surface area contributed by atoms with Crippen molar-refractivity contribution in [3.8, 4) is 0 Å². The molecule has 0 aromatic heterocycles. The monoisotopic (exact) mass is 364 g/mol. The number of hydrogen-bond acceptors (Lipinski definition) is 4. The van der Waals surface area contributed by atoms with Crippen molar-refractivity contribution in [3.05, 3.63) is 28.8 Å². The molecule has 1 aromatic carbocycles. The maximum absolute atomic E-state index is 12.4. The van der Waals surface area contributed by atoms with Crippen LogP contribution in [0.5, 0.6) is 0 Å². The quantitative estimate of drug-likeness (QED) is 0.770. The van der Waals surface area contributed by atoms with Crippen LogP contribution in [0.4, 0.5) is 5.69 Å². The van der Waals surface area contributed by atoms with E-state index in [-0.39, 0.29) is 17.4 Å². The summed E-state index contributed by atoms with van der Waals surface area (Å²) in [5, 5.41) is 0.410. The molecule has 0 spiro atoms. The Morgan fingerprint density at radius 3 is 2.52 bits per heavy atom. The summed E-state index contributed by atoms with van der Waals surface area (Å²) in [4.78, 5) is 39.9. The van der Waals surface area contributed by atoms with E-state index in [2.05, 4.69) is 0 Å². The second-order valence-corrected chi connectivity index (χ2v) is 6.80. The molecule has 0 unspecified atom stereocenters. The summed E-state index contributed by atoms with van der Waals surface area (Å²) in [6.45, 7) is 3.59. The second-order valence-electron chi connectivity index (χ2n) is 6.40. The van der Waals surface area contributed by atoms with Gasteiger partial charge in [0.1, 0.15) is 0 Å². The number of anilines is 1. The predicted octanol–water partition coefficient (Wildman–Crippen LogP) is 2.63. The summed E-state index contributed by atoms with van der Waals surface area (Å²) in [6.07, 6.45) is 2.38. The van der Waals surface area contributed by atoms with E-state index in [1.807, 2.05) is 0 Å². The fraction of sp³-hybridized carbons (Fsp3) is 0.500. The number of likely N-dealkylation sites (tertiary alicyclic amines) is 1. The van der Waals surface area contributed by atoms with Crippen molar-refractivity contribution < 1.29 is 19.1 Å². The molecule has 2 amide bonds. The highest BCUT2D eigenvalue weighted by Gasteiger charge is 2.28. The number of rotatable bonds is 4. The Morgan fingerprint density at radius 2 is 1.88 bits per heavy atom. The minimum absolute atomic E-state index is 0.00926. The molecular weight excluding hydrogens is 344 g/mol. The van der Waals surface area contributed by atoms with Gasteiger partial charge in [0, 0.05) is 26.1 Å². The normalized spacial score (nSPS) is 18.6. The van der Waals surface area contributed by atoms with Crippen LogP contribution in [0.1, 0.15) is 43.0 Å². The molecule has 2 fully saturated rings. The molecule has 1 aromatic rings. The van der Waals surface area contributed by atoms with Crippen molar-refractivity contribution in [1.82, 2.24) is 4.90 Å². The van der Waals surface area contributed by atoms with Crippen LogP contribution in [0, 0.1) is 0 Å². The molecule has 0 N–H and O–H groups in total. The Kier molecular flexibility index (Phi) is 5.27. The van der Waals surface area contributed by atoms with Crippen LogP contribution in [-0.2, 0) is 14.3 Å². The number of carbonyl (C=O) groups is 3. The van der Waals surface area contributed by atoms with Crippen LogP contribution in [0.2, 0.25) is 5.02 Å². The average Bonchev–Trinajstić information content (AvgIpc) is 3.26. The molecule has 2 aliphatic heterocycles. The Hall–Kier alpha value is -2.08. The molecule has 2 saturated heterocycles. The standard InChI is InChI=1S/C18H21ClN2O4/c1-12(17(23)20-8-2-3-9-20)25-18(24)13-6-7-14(19)15(11-13)21-10-4-5-16(21)22/h6-7,11-12H,2-5,8-10H2,1H3/t12-/m1/s1. The zero-order chi connectivity index (χ0) is 18.0. The molecule has 0 saturated carbocycles. The lowest BCUT2D eigenvalue weighted by Gasteiger charge is -2.21. The first-order valence-corrected chi connectivity index (χ1v) is 8.95. The van der Waals surface area contributed by atoms with Gasteiger partial charge in [0.05, 0.1) is 16.3 Å². The van der Waals surface area contributed by atoms with Crippen molar-refractivity contribution in [2.75, 3.05) is 24.5 Å². The third-order valence-corrected chi connectivity index (χ3v) is 4.91. The number of carbonyl (C=O) groups excluding carboxylic acids is 3. The first-order valence-electron chi connectivity index (χ1n) is 8.57. The summed E-state index contributed by atoms with van der Waals surface area (Å²) in [7, 11) is 0. The molecular formula is C18H21ClN2O4. The Labute approximate surface area is 151 Å². The summed E-state index contributed by atoms with van der Waals surface area (Å²) >= 11 is 6.18. The maximum Gasteiger partial charge on any atom is 0.338 e. The molecule has 1 atom stereocenters. The molecule has 134 valence electrons. The van der Waals surface area contributed by atoms with Crippen LogP contribution in [0.25, 0.3) is 0 Å². The molecule has 25 heavy (non-hydrogen) atoms. The molecule has 0 aliphatic carbocycles. The minimum Gasteiger partial charge on any atom is -0.449 e. The average molecular weight is 365 g/mol. The van der Waals surface area contributed by atoms with Gasteiger partial charge in [-0.05, 0) is 44.4 Å². The molecule has 0 bridgehead atoms. The summed E-state index contributed by atoms with van der Waals surface area (Å²) in [5.41, 5.74) is 0.789. The zero-order valence-electron chi connectivity index (χ0n) is 14.2. The van der Waals surface area contributed by atoms with E-state index in [0.717, 1.165) is 19.3 Å². The van der Waals surface area contributed by atoms with Crippen LogP contribution >= 0.6 is 11.6 Å². The van der Waals surface area contributed by atoms with Gasteiger partial charge in [0.15, 0.2) is 6.10 Å². The van der Waals surface area contributed by atoms with Gasteiger partial charge in [0.2, 0.25) is 5.91 Å². The van der Waals surface area contributed by atoms with E-state index in [0.29, 0.717) is 36.8 Å². The van der Waals surface area contributed by atoms with Gasteiger partial charge in [-0.3, -0.25) is 9.59 Å². The Bertz CT molecular complexity index is 700. The topological polar surface area (TPSA) is 66.9 Å². The SMILES string of the molecule is C[C@@H](OC(=O)c1ccc(Cl)c(N2CCCC2=O)c1)C(=O)N1CCCC1. The van der Waals surface area contributed by atoms with Gasteiger partial charge in [-0.2, -0.15) is 0 Å². The van der Waals surface area contributed by atoms with Gasteiger partial charge in [-0.1, -0.05) is 11.6 Å². The molecule has 2 aliphatic rings. The van der Waals surface area contributed by atoms with Crippen molar-refractivity contribution in [1.29, 1.82) is 0 Å². The first kappa shape index (κ1) is 17.7. The highest BCUT2D eigenvalue weighted by Crippen LogP contribution is 2.30. The fourth-order valence-corrected chi connectivity index (χ4v) is 3.44. The lowest BCUT2D eigenvalue weighted by molar-refractivity contribution is -0.138. The summed E-state index contributed by atoms with van der Waals surface area (Å²) < 4.78 is 5.32. The number of ether oxygens (including phenoxy) is 1. The van der Waals surface area contributed by atoms with Crippen molar-refractivity contribution in [3.63, 3.8) is 0 Å². The largest absolute Gasteiger partial charge is 0.449 e. The van der Waals surface area contributed by atoms with E-state index < -0.39 is 12.1 Å². The molecule has 6 nitrogen and oxygen atoms in total.